The quantitative estimate of drug-likeness (QED) is 0.607. The van der Waals surface area contributed by atoms with E-state index in [1.807, 2.05) is 19.1 Å². The van der Waals surface area contributed by atoms with Gasteiger partial charge in [0, 0.05) is 6.04 Å². The lowest BCUT2D eigenvalue weighted by Gasteiger charge is -2.40. The molecule has 114 valence electrons. The van der Waals surface area contributed by atoms with Crippen molar-refractivity contribution in [2.45, 2.75) is 57.9 Å². The number of nitrogens with zero attached hydrogens (tertiary/aromatic N) is 2. The molecule has 1 fully saturated rings. The highest BCUT2D eigenvalue weighted by Gasteiger charge is 2.36. The first kappa shape index (κ1) is 15.2. The number of imidazole rings is 1. The van der Waals surface area contributed by atoms with Crippen LogP contribution in [0.5, 0.6) is 0 Å². The summed E-state index contributed by atoms with van der Waals surface area (Å²) in [4.78, 5) is 4.75. The number of aromatic nitrogens is 2. The van der Waals surface area contributed by atoms with Crippen LogP contribution in [0.2, 0.25) is 5.02 Å². The Morgan fingerprint density at radius 2 is 2.10 bits per heavy atom. The standard InChI is InChI=1S/C17H22Cl2N2/c1-11(18)16-20-15-12(19)7-6-8-13(15)21(16)14-9-4-5-10-17(14,2)3/h6-8,11,14H,4-5,9-10H2,1-3H3. The fourth-order valence-electron chi connectivity index (χ4n) is 3.66. The highest BCUT2D eigenvalue weighted by Crippen LogP contribution is 2.46. The van der Waals surface area contributed by atoms with Crippen LogP contribution in [0.3, 0.4) is 0 Å². The maximum atomic E-state index is 6.42. The molecule has 0 radical (unpaired) electrons. The summed E-state index contributed by atoms with van der Waals surface area (Å²) >= 11 is 12.8. The molecule has 2 unspecified atom stereocenters. The summed E-state index contributed by atoms with van der Waals surface area (Å²) in [5, 5.41) is 0.588. The average molecular weight is 325 g/mol. The van der Waals surface area contributed by atoms with Gasteiger partial charge >= 0.3 is 0 Å². The lowest BCUT2D eigenvalue weighted by Crippen LogP contribution is -2.31. The summed E-state index contributed by atoms with van der Waals surface area (Å²) in [5.74, 6) is 0.944. The van der Waals surface area contributed by atoms with Gasteiger partial charge in [0.25, 0.3) is 0 Å². The molecule has 1 heterocycles. The highest BCUT2D eigenvalue weighted by atomic mass is 35.5. The molecule has 0 bridgehead atoms. The molecule has 21 heavy (non-hydrogen) atoms. The average Bonchev–Trinajstić information content (AvgIpc) is 2.79. The van der Waals surface area contributed by atoms with Gasteiger partial charge in [-0.05, 0) is 37.3 Å². The van der Waals surface area contributed by atoms with Crippen LogP contribution in [0, 0.1) is 5.41 Å². The van der Waals surface area contributed by atoms with E-state index in [0.29, 0.717) is 11.1 Å². The van der Waals surface area contributed by atoms with Gasteiger partial charge in [0.15, 0.2) is 0 Å². The monoisotopic (exact) mass is 324 g/mol. The third kappa shape index (κ3) is 2.57. The Hall–Kier alpha value is -0.730. The molecule has 2 atom stereocenters. The fraction of sp³-hybridized carbons (Fsp3) is 0.588. The van der Waals surface area contributed by atoms with Crippen LogP contribution >= 0.6 is 23.2 Å². The van der Waals surface area contributed by atoms with Gasteiger partial charge in [-0.1, -0.05) is 44.4 Å². The molecule has 1 aromatic heterocycles. The molecule has 1 aromatic carbocycles. The molecule has 0 N–H and O–H groups in total. The number of rotatable bonds is 2. The number of hydrogen-bond donors (Lipinski definition) is 0. The molecular weight excluding hydrogens is 303 g/mol. The van der Waals surface area contributed by atoms with Gasteiger partial charge in [0.05, 0.1) is 15.9 Å². The third-order valence-electron chi connectivity index (χ3n) is 4.82. The summed E-state index contributed by atoms with van der Waals surface area (Å²) in [6.07, 6.45) is 5.00. The Bertz CT molecular complexity index is 658. The fourth-order valence-corrected chi connectivity index (χ4v) is 4.03. The first-order valence-electron chi connectivity index (χ1n) is 7.72. The SMILES string of the molecule is CC(Cl)c1nc2c(Cl)cccc2n1C1CCCCC1(C)C. The van der Waals surface area contributed by atoms with Crippen LogP contribution in [0.25, 0.3) is 11.0 Å². The topological polar surface area (TPSA) is 17.8 Å². The molecule has 0 amide bonds. The number of benzene rings is 1. The predicted octanol–water partition coefficient (Wildman–Crippen LogP) is 6.13. The molecule has 3 rings (SSSR count). The second-order valence-electron chi connectivity index (χ2n) is 6.81. The molecular formula is C17H22Cl2N2. The summed E-state index contributed by atoms with van der Waals surface area (Å²) in [7, 11) is 0. The zero-order valence-electron chi connectivity index (χ0n) is 12.9. The Morgan fingerprint density at radius 1 is 1.33 bits per heavy atom. The van der Waals surface area contributed by atoms with Crippen molar-refractivity contribution >= 4 is 34.2 Å². The van der Waals surface area contributed by atoms with E-state index in [4.69, 9.17) is 28.2 Å². The van der Waals surface area contributed by atoms with E-state index < -0.39 is 0 Å². The van der Waals surface area contributed by atoms with Crippen molar-refractivity contribution in [3.8, 4) is 0 Å². The highest BCUT2D eigenvalue weighted by molar-refractivity contribution is 6.35. The van der Waals surface area contributed by atoms with Crippen LogP contribution in [0.15, 0.2) is 18.2 Å². The van der Waals surface area contributed by atoms with Gasteiger partial charge in [0.2, 0.25) is 0 Å². The van der Waals surface area contributed by atoms with E-state index in [9.17, 15) is 0 Å². The van der Waals surface area contributed by atoms with Crippen molar-refractivity contribution in [2.75, 3.05) is 0 Å². The number of fused-ring (bicyclic) bond motifs is 1. The maximum absolute atomic E-state index is 6.42. The van der Waals surface area contributed by atoms with Crippen molar-refractivity contribution in [3.63, 3.8) is 0 Å². The van der Waals surface area contributed by atoms with E-state index >= 15 is 0 Å². The number of halogens is 2. The van der Waals surface area contributed by atoms with Gasteiger partial charge in [0.1, 0.15) is 11.3 Å². The molecule has 4 heteroatoms. The van der Waals surface area contributed by atoms with E-state index in [1.165, 1.54) is 25.7 Å². The zero-order chi connectivity index (χ0) is 15.2. The minimum absolute atomic E-state index is 0.119. The third-order valence-corrected chi connectivity index (χ3v) is 5.32. The van der Waals surface area contributed by atoms with Crippen molar-refractivity contribution < 1.29 is 0 Å². The van der Waals surface area contributed by atoms with Gasteiger partial charge in [-0.15, -0.1) is 11.6 Å². The predicted molar refractivity (Wildman–Crippen MR) is 90.3 cm³/mol. The lowest BCUT2D eigenvalue weighted by molar-refractivity contribution is 0.145. The molecule has 0 saturated heterocycles. The molecule has 1 aliphatic rings. The molecule has 2 aromatic rings. The summed E-state index contributed by atoms with van der Waals surface area (Å²) in [6.45, 7) is 6.70. The normalized spacial score (nSPS) is 23.4. The van der Waals surface area contributed by atoms with Crippen LogP contribution < -0.4 is 0 Å². The van der Waals surface area contributed by atoms with Crippen molar-refractivity contribution in [1.29, 1.82) is 0 Å². The molecule has 0 aliphatic heterocycles. The number of hydrogen-bond acceptors (Lipinski definition) is 1. The van der Waals surface area contributed by atoms with Crippen molar-refractivity contribution in [3.05, 3.63) is 29.0 Å². The van der Waals surface area contributed by atoms with Gasteiger partial charge < -0.3 is 4.57 Å². The molecule has 0 spiro atoms. The van der Waals surface area contributed by atoms with Crippen molar-refractivity contribution in [2.24, 2.45) is 5.41 Å². The van der Waals surface area contributed by atoms with Gasteiger partial charge in [-0.3, -0.25) is 0 Å². The summed E-state index contributed by atoms with van der Waals surface area (Å²) in [5.41, 5.74) is 2.25. The summed E-state index contributed by atoms with van der Waals surface area (Å²) < 4.78 is 2.36. The number of para-hydroxylation sites is 1. The maximum Gasteiger partial charge on any atom is 0.128 e. The minimum Gasteiger partial charge on any atom is -0.323 e. The van der Waals surface area contributed by atoms with Crippen LogP contribution in [-0.2, 0) is 0 Å². The minimum atomic E-state index is -0.119. The van der Waals surface area contributed by atoms with Gasteiger partial charge in [-0.25, -0.2) is 4.98 Å². The van der Waals surface area contributed by atoms with E-state index in [2.05, 4.69) is 24.5 Å². The first-order valence-corrected chi connectivity index (χ1v) is 8.53. The van der Waals surface area contributed by atoms with E-state index in [0.717, 1.165) is 16.9 Å². The van der Waals surface area contributed by atoms with Crippen molar-refractivity contribution in [1.82, 2.24) is 9.55 Å². The lowest BCUT2D eigenvalue weighted by atomic mass is 9.73. The van der Waals surface area contributed by atoms with Crippen LogP contribution in [0.4, 0.5) is 0 Å². The van der Waals surface area contributed by atoms with Crippen LogP contribution in [0.1, 0.15) is 63.7 Å². The zero-order valence-corrected chi connectivity index (χ0v) is 14.4. The Morgan fingerprint density at radius 3 is 2.76 bits per heavy atom. The number of alkyl halides is 1. The second-order valence-corrected chi connectivity index (χ2v) is 7.88. The molecule has 2 nitrogen and oxygen atoms in total. The van der Waals surface area contributed by atoms with E-state index in [1.54, 1.807) is 0 Å². The van der Waals surface area contributed by atoms with E-state index in [-0.39, 0.29) is 10.8 Å². The first-order chi connectivity index (χ1) is 9.92. The Kier molecular flexibility index (Phi) is 3.96. The molecule has 1 saturated carbocycles. The second kappa shape index (κ2) is 5.48. The Labute approximate surface area is 136 Å². The Balaban J connectivity index is 2.24. The smallest absolute Gasteiger partial charge is 0.128 e. The summed E-state index contributed by atoms with van der Waals surface area (Å²) in [6, 6.07) is 6.45. The van der Waals surface area contributed by atoms with Gasteiger partial charge in [-0.2, -0.15) is 0 Å². The molecule has 1 aliphatic carbocycles. The largest absolute Gasteiger partial charge is 0.323 e. The van der Waals surface area contributed by atoms with Crippen LogP contribution in [-0.4, -0.2) is 9.55 Å².